The van der Waals surface area contributed by atoms with Crippen LogP contribution in [-0.4, -0.2) is 16.7 Å². The Morgan fingerprint density at radius 2 is 1.39 bits per heavy atom. The molecule has 0 spiro atoms. The highest BCUT2D eigenvalue weighted by atomic mass is 16.5. The van der Waals surface area contributed by atoms with E-state index in [-0.39, 0.29) is 5.56 Å². The van der Waals surface area contributed by atoms with Crippen LogP contribution in [0.4, 0.5) is 0 Å². The Morgan fingerprint density at radius 3 is 2.00 bits per heavy atom. The number of ether oxygens (including phenoxy) is 1. The van der Waals surface area contributed by atoms with Crippen molar-refractivity contribution in [1.29, 1.82) is 0 Å². The van der Waals surface area contributed by atoms with Crippen LogP contribution in [0.1, 0.15) is 0 Å². The topological polar surface area (TPSA) is 44.1 Å². The maximum absolute atomic E-state index is 14.0. The second kappa shape index (κ2) is 7.92. The van der Waals surface area contributed by atoms with Crippen LogP contribution >= 0.6 is 0 Å². The summed E-state index contributed by atoms with van der Waals surface area (Å²) in [5, 5.41) is 0.926. The molecule has 150 valence electrons. The lowest BCUT2D eigenvalue weighted by Crippen LogP contribution is -2.22. The van der Waals surface area contributed by atoms with Crippen molar-refractivity contribution in [2.24, 2.45) is 0 Å². The van der Waals surface area contributed by atoms with Gasteiger partial charge in [-0.2, -0.15) is 0 Å². The molecule has 0 aliphatic carbocycles. The molecule has 2 heterocycles. The molecule has 0 unspecified atom stereocenters. The zero-order valence-corrected chi connectivity index (χ0v) is 17.0. The molecule has 0 saturated heterocycles. The van der Waals surface area contributed by atoms with E-state index < -0.39 is 0 Å². The summed E-state index contributed by atoms with van der Waals surface area (Å²) < 4.78 is 7.22. The molecule has 0 N–H and O–H groups in total. The standard InChI is InChI=1S/C27H20N2O2/c1-31-21-15-16-23-22(18-21)25(19-10-4-2-5-11-19)26(20-12-6-3-7-13-20)27(30)29(23)24-14-8-9-17-28-24/h2-18H,1H3. The number of pyridine rings is 2. The minimum absolute atomic E-state index is 0.110. The van der Waals surface area contributed by atoms with Gasteiger partial charge in [0.1, 0.15) is 11.6 Å². The minimum atomic E-state index is -0.110. The van der Waals surface area contributed by atoms with E-state index in [0.717, 1.165) is 33.3 Å². The SMILES string of the molecule is COc1ccc2c(c1)c(-c1ccccc1)c(-c1ccccc1)c(=O)n2-c1ccccn1. The summed E-state index contributed by atoms with van der Waals surface area (Å²) in [5.41, 5.74) is 4.03. The predicted octanol–water partition coefficient (Wildman–Crippen LogP) is 5.73. The largest absolute Gasteiger partial charge is 0.497 e. The molecule has 4 nitrogen and oxygen atoms in total. The molecule has 0 radical (unpaired) electrons. The monoisotopic (exact) mass is 404 g/mol. The second-order valence-electron chi connectivity index (χ2n) is 7.19. The Bertz CT molecular complexity index is 1410. The van der Waals surface area contributed by atoms with Gasteiger partial charge >= 0.3 is 0 Å². The summed E-state index contributed by atoms with van der Waals surface area (Å²) in [6.45, 7) is 0. The molecule has 2 aromatic heterocycles. The van der Waals surface area contributed by atoms with Crippen LogP contribution in [0.2, 0.25) is 0 Å². The van der Waals surface area contributed by atoms with E-state index in [0.29, 0.717) is 11.4 Å². The Labute approximate surface area is 180 Å². The van der Waals surface area contributed by atoms with E-state index in [9.17, 15) is 4.79 Å². The van der Waals surface area contributed by atoms with Crippen molar-refractivity contribution in [2.45, 2.75) is 0 Å². The molecule has 3 aromatic carbocycles. The third-order valence-corrected chi connectivity index (χ3v) is 5.38. The molecule has 0 saturated carbocycles. The van der Waals surface area contributed by atoms with Gasteiger partial charge in [-0.3, -0.25) is 9.36 Å². The summed E-state index contributed by atoms with van der Waals surface area (Å²) in [4.78, 5) is 18.5. The number of methoxy groups -OCH3 is 1. The molecule has 0 aliphatic heterocycles. The first kappa shape index (κ1) is 18.8. The fourth-order valence-corrected chi connectivity index (χ4v) is 3.99. The first-order valence-corrected chi connectivity index (χ1v) is 10.1. The zero-order valence-electron chi connectivity index (χ0n) is 17.0. The maximum atomic E-state index is 14.0. The van der Waals surface area contributed by atoms with E-state index >= 15 is 0 Å². The molecule has 31 heavy (non-hydrogen) atoms. The first-order valence-electron chi connectivity index (χ1n) is 10.1. The molecule has 5 rings (SSSR count). The number of hydrogen-bond acceptors (Lipinski definition) is 3. The average Bonchev–Trinajstić information content (AvgIpc) is 2.84. The summed E-state index contributed by atoms with van der Waals surface area (Å²) in [7, 11) is 1.65. The molecule has 0 bridgehead atoms. The summed E-state index contributed by atoms with van der Waals surface area (Å²) >= 11 is 0. The van der Waals surface area contributed by atoms with Gasteiger partial charge in [-0.05, 0) is 41.5 Å². The summed E-state index contributed by atoms with van der Waals surface area (Å²) in [5.74, 6) is 1.31. The van der Waals surface area contributed by atoms with Crippen molar-refractivity contribution >= 4 is 10.9 Å². The molecule has 0 amide bonds. The molecule has 0 fully saturated rings. The fraction of sp³-hybridized carbons (Fsp3) is 0.0370. The lowest BCUT2D eigenvalue weighted by Gasteiger charge is -2.19. The summed E-state index contributed by atoms with van der Waals surface area (Å²) in [6, 6.07) is 31.2. The van der Waals surface area contributed by atoms with Crippen molar-refractivity contribution in [3.63, 3.8) is 0 Å². The van der Waals surface area contributed by atoms with Crippen molar-refractivity contribution in [2.75, 3.05) is 7.11 Å². The normalized spacial score (nSPS) is 10.9. The van der Waals surface area contributed by atoms with Crippen LogP contribution < -0.4 is 10.3 Å². The predicted molar refractivity (Wildman–Crippen MR) is 125 cm³/mol. The first-order chi connectivity index (χ1) is 15.3. The highest BCUT2D eigenvalue weighted by Gasteiger charge is 2.21. The number of benzene rings is 3. The van der Waals surface area contributed by atoms with Crippen molar-refractivity contribution < 1.29 is 4.74 Å². The van der Waals surface area contributed by atoms with E-state index in [1.807, 2.05) is 97.1 Å². The molecular weight excluding hydrogens is 384 g/mol. The highest BCUT2D eigenvalue weighted by Crippen LogP contribution is 2.37. The van der Waals surface area contributed by atoms with Crippen molar-refractivity contribution in [1.82, 2.24) is 9.55 Å². The number of rotatable bonds is 4. The van der Waals surface area contributed by atoms with Gasteiger partial charge in [0.2, 0.25) is 0 Å². The maximum Gasteiger partial charge on any atom is 0.265 e. The third kappa shape index (κ3) is 3.28. The van der Waals surface area contributed by atoms with E-state index in [1.165, 1.54) is 0 Å². The number of aromatic nitrogens is 2. The van der Waals surface area contributed by atoms with Crippen LogP contribution in [0.15, 0.2) is 108 Å². The Kier molecular flexibility index (Phi) is 4.81. The minimum Gasteiger partial charge on any atom is -0.497 e. The summed E-state index contributed by atoms with van der Waals surface area (Å²) in [6.07, 6.45) is 1.70. The number of nitrogens with zero attached hydrogens (tertiary/aromatic N) is 2. The number of fused-ring (bicyclic) bond motifs is 1. The lowest BCUT2D eigenvalue weighted by atomic mass is 9.92. The zero-order chi connectivity index (χ0) is 21.2. The van der Waals surface area contributed by atoms with Gasteiger partial charge in [0.25, 0.3) is 5.56 Å². The van der Waals surface area contributed by atoms with E-state index in [4.69, 9.17) is 4.74 Å². The van der Waals surface area contributed by atoms with Crippen LogP contribution in [0, 0.1) is 0 Å². The quantitative estimate of drug-likeness (QED) is 0.384. The van der Waals surface area contributed by atoms with Crippen LogP contribution in [0.25, 0.3) is 39.0 Å². The van der Waals surface area contributed by atoms with Gasteiger partial charge < -0.3 is 4.74 Å². The van der Waals surface area contributed by atoms with Crippen LogP contribution in [0.5, 0.6) is 5.75 Å². The Morgan fingerprint density at radius 1 is 0.742 bits per heavy atom. The third-order valence-electron chi connectivity index (χ3n) is 5.38. The van der Waals surface area contributed by atoms with Gasteiger partial charge in [-0.15, -0.1) is 0 Å². The van der Waals surface area contributed by atoms with Crippen molar-refractivity contribution in [3.05, 3.63) is 114 Å². The van der Waals surface area contributed by atoms with Gasteiger partial charge in [-0.25, -0.2) is 4.98 Å². The van der Waals surface area contributed by atoms with Gasteiger partial charge in [0, 0.05) is 17.1 Å². The number of hydrogen-bond donors (Lipinski definition) is 0. The molecular formula is C27H20N2O2. The van der Waals surface area contributed by atoms with Crippen LogP contribution in [-0.2, 0) is 0 Å². The Hall–Kier alpha value is -4.18. The smallest absolute Gasteiger partial charge is 0.265 e. The molecule has 5 aromatic rings. The van der Waals surface area contributed by atoms with Gasteiger partial charge in [0.15, 0.2) is 0 Å². The van der Waals surface area contributed by atoms with E-state index in [2.05, 4.69) is 4.98 Å². The molecule has 0 atom stereocenters. The van der Waals surface area contributed by atoms with Gasteiger partial charge in [0.05, 0.1) is 18.2 Å². The molecule has 0 aliphatic rings. The van der Waals surface area contributed by atoms with Gasteiger partial charge in [-0.1, -0.05) is 66.7 Å². The van der Waals surface area contributed by atoms with E-state index in [1.54, 1.807) is 17.9 Å². The Balaban J connectivity index is 2.02. The van der Waals surface area contributed by atoms with Crippen LogP contribution in [0.3, 0.4) is 0 Å². The lowest BCUT2D eigenvalue weighted by molar-refractivity contribution is 0.415. The average molecular weight is 404 g/mol. The molecule has 4 heteroatoms. The fourth-order valence-electron chi connectivity index (χ4n) is 3.99. The van der Waals surface area contributed by atoms with Crippen molar-refractivity contribution in [3.8, 4) is 33.8 Å². The highest BCUT2D eigenvalue weighted by molar-refractivity contribution is 6.03. The second-order valence-corrected chi connectivity index (χ2v) is 7.19.